The van der Waals surface area contributed by atoms with Crippen LogP contribution in [0.15, 0.2) is 53.9 Å². The lowest BCUT2D eigenvalue weighted by Crippen LogP contribution is -2.51. The van der Waals surface area contributed by atoms with Gasteiger partial charge in [-0.25, -0.2) is 19.4 Å². The molecular weight excluding hydrogens is 418 g/mol. The Morgan fingerprint density at radius 3 is 2.29 bits per heavy atom. The summed E-state index contributed by atoms with van der Waals surface area (Å²) in [6.07, 6.45) is 2.77. The highest BCUT2D eigenvalue weighted by molar-refractivity contribution is 5.97. The largest absolute Gasteiger partial charge is 0.451 e. The first kappa shape index (κ1) is 24.0. The van der Waals surface area contributed by atoms with Gasteiger partial charge in [-0.3, -0.25) is 4.79 Å². The Labute approximate surface area is 177 Å². The first-order valence-electron chi connectivity index (χ1n) is 9.52. The SMILES string of the molecule is C=C(F)C(=O)N1CCN(C(=N\C=C/C)/C(=C/CC)Oc2cnc(C(F)(F)F)nc2)CC1. The molecule has 0 aromatic carbocycles. The normalized spacial score (nSPS) is 16.1. The number of amides is 1. The van der Waals surface area contributed by atoms with E-state index in [0.717, 1.165) is 12.4 Å². The maximum absolute atomic E-state index is 13.1. The van der Waals surface area contributed by atoms with Crippen molar-refractivity contribution in [2.75, 3.05) is 26.2 Å². The fourth-order valence-corrected chi connectivity index (χ4v) is 2.75. The molecule has 1 amide bonds. The van der Waals surface area contributed by atoms with E-state index in [1.807, 2.05) is 11.8 Å². The van der Waals surface area contributed by atoms with Crippen molar-refractivity contribution >= 4 is 11.7 Å². The zero-order chi connectivity index (χ0) is 23.0. The Morgan fingerprint density at radius 1 is 1.23 bits per heavy atom. The van der Waals surface area contributed by atoms with Crippen molar-refractivity contribution in [3.05, 3.63) is 54.7 Å². The van der Waals surface area contributed by atoms with Gasteiger partial charge in [0.2, 0.25) is 5.82 Å². The highest BCUT2D eigenvalue weighted by Gasteiger charge is 2.34. The predicted molar refractivity (Wildman–Crippen MR) is 107 cm³/mol. The molecular formula is C20H23F4N5O2. The highest BCUT2D eigenvalue weighted by Crippen LogP contribution is 2.26. The molecule has 11 heteroatoms. The molecule has 0 spiro atoms. The number of amidine groups is 1. The van der Waals surface area contributed by atoms with Crippen molar-refractivity contribution in [3.8, 4) is 5.75 Å². The van der Waals surface area contributed by atoms with Gasteiger partial charge >= 0.3 is 6.18 Å². The van der Waals surface area contributed by atoms with Crippen LogP contribution in [0.5, 0.6) is 5.75 Å². The zero-order valence-corrected chi connectivity index (χ0v) is 17.2. The Bertz CT molecular complexity index is 871. The van der Waals surface area contributed by atoms with Gasteiger partial charge in [0.15, 0.2) is 23.2 Å². The van der Waals surface area contributed by atoms with Gasteiger partial charge in [0, 0.05) is 32.4 Å². The lowest BCUT2D eigenvalue weighted by molar-refractivity contribution is -0.145. The Hall–Kier alpha value is -3.24. The second kappa shape index (κ2) is 10.7. The quantitative estimate of drug-likeness (QED) is 0.221. The third-order valence-corrected chi connectivity index (χ3v) is 4.16. The summed E-state index contributed by atoms with van der Waals surface area (Å²) in [5, 5.41) is 0. The number of hydrogen-bond acceptors (Lipinski definition) is 5. The number of ether oxygens (including phenoxy) is 1. The van der Waals surface area contributed by atoms with Gasteiger partial charge in [-0.2, -0.15) is 13.2 Å². The van der Waals surface area contributed by atoms with Gasteiger partial charge in [0.1, 0.15) is 0 Å². The number of aromatic nitrogens is 2. The number of allylic oxidation sites excluding steroid dienone is 2. The number of piperazine rings is 1. The van der Waals surface area contributed by atoms with Gasteiger partial charge in [-0.05, 0) is 19.4 Å². The number of alkyl halides is 3. The average Bonchev–Trinajstić information content (AvgIpc) is 2.73. The van der Waals surface area contributed by atoms with Crippen LogP contribution in [0.1, 0.15) is 26.1 Å². The molecule has 0 unspecified atom stereocenters. The van der Waals surface area contributed by atoms with E-state index in [4.69, 9.17) is 4.74 Å². The highest BCUT2D eigenvalue weighted by atomic mass is 19.4. The molecule has 0 radical (unpaired) electrons. The molecule has 0 saturated carbocycles. The van der Waals surface area contributed by atoms with Crippen LogP contribution in [-0.2, 0) is 11.0 Å². The lowest BCUT2D eigenvalue weighted by Gasteiger charge is -2.36. The number of aliphatic imine (C=N–C) groups is 1. The second-order valence-corrected chi connectivity index (χ2v) is 6.44. The number of halogens is 4. The topological polar surface area (TPSA) is 70.9 Å². The van der Waals surface area contributed by atoms with Gasteiger partial charge < -0.3 is 14.5 Å². The molecule has 0 atom stereocenters. The van der Waals surface area contributed by atoms with Crippen LogP contribution in [0.3, 0.4) is 0 Å². The van der Waals surface area contributed by atoms with Crippen molar-refractivity contribution < 1.29 is 27.1 Å². The fraction of sp³-hybridized carbons (Fsp3) is 0.400. The number of hydrogen-bond donors (Lipinski definition) is 0. The lowest BCUT2D eigenvalue weighted by atomic mass is 10.2. The van der Waals surface area contributed by atoms with E-state index in [1.54, 1.807) is 25.3 Å². The molecule has 168 valence electrons. The monoisotopic (exact) mass is 441 g/mol. The average molecular weight is 441 g/mol. The Kier molecular flexibility index (Phi) is 8.29. The van der Waals surface area contributed by atoms with Crippen molar-refractivity contribution in [2.45, 2.75) is 26.4 Å². The summed E-state index contributed by atoms with van der Waals surface area (Å²) in [5.41, 5.74) is 0. The molecule has 7 nitrogen and oxygen atoms in total. The van der Waals surface area contributed by atoms with Crippen LogP contribution in [0.2, 0.25) is 0 Å². The summed E-state index contributed by atoms with van der Waals surface area (Å²) in [5.74, 6) is -2.30. The van der Waals surface area contributed by atoms with Crippen LogP contribution in [-0.4, -0.2) is 57.7 Å². The molecule has 0 N–H and O–H groups in total. The van der Waals surface area contributed by atoms with Crippen molar-refractivity contribution in [1.82, 2.24) is 19.8 Å². The van der Waals surface area contributed by atoms with Crippen molar-refractivity contribution in [1.29, 1.82) is 0 Å². The molecule has 0 bridgehead atoms. The first-order chi connectivity index (χ1) is 14.7. The molecule has 2 heterocycles. The number of carbonyl (C=O) groups is 1. The Morgan fingerprint density at radius 2 is 1.81 bits per heavy atom. The van der Waals surface area contributed by atoms with E-state index in [0.29, 0.717) is 31.1 Å². The van der Waals surface area contributed by atoms with E-state index in [1.165, 1.54) is 4.90 Å². The summed E-state index contributed by atoms with van der Waals surface area (Å²) in [4.78, 5) is 26.0. The number of nitrogens with zero attached hydrogens (tertiary/aromatic N) is 5. The smallest absolute Gasteiger partial charge is 0.451 e. The standard InChI is InChI=1S/C20H23F4N5O2/c1-4-6-16(31-15-12-26-19(27-13-15)20(22,23)24)17(25-7-5-2)28-8-10-29(11-9-28)18(30)14(3)21/h5-7,12-13H,3-4,8-11H2,1-2H3/b7-5-,16-6-,25-17-. The third kappa shape index (κ3) is 6.63. The molecule has 1 aliphatic rings. The maximum atomic E-state index is 13.1. The van der Waals surface area contributed by atoms with Crippen LogP contribution in [0.4, 0.5) is 17.6 Å². The van der Waals surface area contributed by atoms with E-state index >= 15 is 0 Å². The van der Waals surface area contributed by atoms with Crippen LogP contribution >= 0.6 is 0 Å². The van der Waals surface area contributed by atoms with Crippen LogP contribution < -0.4 is 4.74 Å². The number of carbonyl (C=O) groups excluding carboxylic acids is 1. The minimum atomic E-state index is -4.65. The van der Waals surface area contributed by atoms with E-state index in [9.17, 15) is 22.4 Å². The van der Waals surface area contributed by atoms with E-state index < -0.39 is 23.7 Å². The Balaban J connectivity index is 2.23. The summed E-state index contributed by atoms with van der Waals surface area (Å²) in [6, 6.07) is 0. The van der Waals surface area contributed by atoms with Crippen LogP contribution in [0, 0.1) is 0 Å². The molecule has 1 aliphatic heterocycles. The summed E-state index contributed by atoms with van der Waals surface area (Å²) in [7, 11) is 0. The minimum Gasteiger partial charge on any atom is -0.451 e. The predicted octanol–water partition coefficient (Wildman–Crippen LogP) is 3.73. The zero-order valence-electron chi connectivity index (χ0n) is 17.2. The molecule has 1 aromatic rings. The molecule has 2 rings (SSSR count). The van der Waals surface area contributed by atoms with Crippen LogP contribution in [0.25, 0.3) is 0 Å². The molecule has 0 aliphatic carbocycles. The van der Waals surface area contributed by atoms with Gasteiger partial charge in [0.25, 0.3) is 5.91 Å². The minimum absolute atomic E-state index is 0.0171. The first-order valence-corrected chi connectivity index (χ1v) is 9.52. The van der Waals surface area contributed by atoms with E-state index in [-0.39, 0.29) is 18.8 Å². The van der Waals surface area contributed by atoms with Gasteiger partial charge in [0.05, 0.1) is 12.4 Å². The van der Waals surface area contributed by atoms with Crippen molar-refractivity contribution in [3.63, 3.8) is 0 Å². The summed E-state index contributed by atoms with van der Waals surface area (Å²) in [6.45, 7) is 7.87. The van der Waals surface area contributed by atoms with E-state index in [2.05, 4.69) is 21.5 Å². The second-order valence-electron chi connectivity index (χ2n) is 6.44. The fourth-order valence-electron chi connectivity index (χ4n) is 2.75. The molecule has 31 heavy (non-hydrogen) atoms. The van der Waals surface area contributed by atoms with Crippen molar-refractivity contribution in [2.24, 2.45) is 4.99 Å². The van der Waals surface area contributed by atoms with Gasteiger partial charge in [-0.1, -0.05) is 19.6 Å². The summed E-state index contributed by atoms with van der Waals surface area (Å²) >= 11 is 0. The summed E-state index contributed by atoms with van der Waals surface area (Å²) < 4.78 is 56.9. The number of rotatable bonds is 6. The maximum Gasteiger partial charge on any atom is 0.451 e. The molecule has 1 saturated heterocycles. The third-order valence-electron chi connectivity index (χ3n) is 4.16. The molecule has 1 aromatic heterocycles. The molecule has 1 fully saturated rings. The van der Waals surface area contributed by atoms with Gasteiger partial charge in [-0.15, -0.1) is 0 Å².